The molecule has 100 valence electrons. The van der Waals surface area contributed by atoms with Gasteiger partial charge in [-0.05, 0) is 42.2 Å². The molecule has 2 aromatic rings. The molecular weight excluding hydrogens is 234 g/mol. The van der Waals surface area contributed by atoms with E-state index in [9.17, 15) is 0 Å². The van der Waals surface area contributed by atoms with Crippen molar-refractivity contribution < 1.29 is 4.74 Å². The van der Waals surface area contributed by atoms with Crippen LogP contribution in [0.2, 0.25) is 0 Å². The monoisotopic (exact) mass is 255 g/mol. The van der Waals surface area contributed by atoms with Crippen molar-refractivity contribution in [2.75, 3.05) is 6.54 Å². The number of nitrogens with two attached hydrogens (primary N) is 1. The minimum atomic E-state index is -0.0895. The van der Waals surface area contributed by atoms with Crippen molar-refractivity contribution in [1.29, 1.82) is 0 Å². The Balaban J connectivity index is 2.21. The molecule has 0 saturated heterocycles. The Kier molecular flexibility index (Phi) is 4.58. The Morgan fingerprint density at radius 2 is 1.89 bits per heavy atom. The normalized spacial score (nSPS) is 12.2. The van der Waals surface area contributed by atoms with Crippen molar-refractivity contribution >= 4 is 0 Å². The zero-order valence-electron chi connectivity index (χ0n) is 11.6. The van der Waals surface area contributed by atoms with Gasteiger partial charge < -0.3 is 10.5 Å². The summed E-state index contributed by atoms with van der Waals surface area (Å²) in [7, 11) is 0. The fraction of sp³-hybridized carbons (Fsp3) is 0.294. The lowest BCUT2D eigenvalue weighted by Crippen LogP contribution is -2.19. The highest BCUT2D eigenvalue weighted by molar-refractivity contribution is 5.32. The predicted molar refractivity (Wildman–Crippen MR) is 79.4 cm³/mol. The van der Waals surface area contributed by atoms with E-state index in [4.69, 9.17) is 10.5 Å². The number of hydrogen-bond donors (Lipinski definition) is 1. The lowest BCUT2D eigenvalue weighted by atomic mass is 10.0. The van der Waals surface area contributed by atoms with Crippen LogP contribution in [-0.2, 0) is 6.42 Å². The first-order valence-electron chi connectivity index (χ1n) is 6.75. The molecule has 0 spiro atoms. The maximum atomic E-state index is 6.05. The zero-order chi connectivity index (χ0) is 13.7. The van der Waals surface area contributed by atoms with Gasteiger partial charge in [0.15, 0.2) is 0 Å². The predicted octanol–water partition coefficient (Wildman–Crippen LogP) is 3.64. The van der Waals surface area contributed by atoms with Crippen LogP contribution in [0.15, 0.2) is 48.5 Å². The molecule has 0 bridgehead atoms. The van der Waals surface area contributed by atoms with Crippen LogP contribution in [0.5, 0.6) is 5.75 Å². The van der Waals surface area contributed by atoms with Crippen LogP contribution in [0.4, 0.5) is 0 Å². The van der Waals surface area contributed by atoms with Gasteiger partial charge in [-0.3, -0.25) is 0 Å². The van der Waals surface area contributed by atoms with E-state index >= 15 is 0 Å². The zero-order valence-corrected chi connectivity index (χ0v) is 11.6. The molecule has 2 nitrogen and oxygen atoms in total. The summed E-state index contributed by atoms with van der Waals surface area (Å²) in [5.41, 5.74) is 9.51. The van der Waals surface area contributed by atoms with Crippen molar-refractivity contribution in [3.8, 4) is 5.75 Å². The molecule has 0 radical (unpaired) electrons. The van der Waals surface area contributed by atoms with Crippen LogP contribution in [0.25, 0.3) is 0 Å². The SMILES string of the molecule is CCc1cccc(OC(CN)c2ccccc2C)c1. The van der Waals surface area contributed by atoms with Crippen LogP contribution < -0.4 is 10.5 Å². The van der Waals surface area contributed by atoms with Gasteiger partial charge >= 0.3 is 0 Å². The molecule has 2 rings (SSSR count). The second kappa shape index (κ2) is 6.39. The fourth-order valence-electron chi connectivity index (χ4n) is 2.19. The van der Waals surface area contributed by atoms with Gasteiger partial charge in [0.25, 0.3) is 0 Å². The third kappa shape index (κ3) is 3.36. The van der Waals surface area contributed by atoms with Gasteiger partial charge in [-0.2, -0.15) is 0 Å². The van der Waals surface area contributed by atoms with Gasteiger partial charge in [0.1, 0.15) is 11.9 Å². The van der Waals surface area contributed by atoms with E-state index in [-0.39, 0.29) is 6.10 Å². The summed E-state index contributed by atoms with van der Waals surface area (Å²) in [5.74, 6) is 0.887. The molecule has 0 saturated carbocycles. The van der Waals surface area contributed by atoms with Crippen LogP contribution in [0.3, 0.4) is 0 Å². The van der Waals surface area contributed by atoms with Crippen LogP contribution in [-0.4, -0.2) is 6.54 Å². The van der Waals surface area contributed by atoms with Crippen LogP contribution >= 0.6 is 0 Å². The molecule has 0 aliphatic heterocycles. The summed E-state index contributed by atoms with van der Waals surface area (Å²) in [6, 6.07) is 16.4. The van der Waals surface area contributed by atoms with E-state index in [1.165, 1.54) is 11.1 Å². The lowest BCUT2D eigenvalue weighted by molar-refractivity contribution is 0.213. The summed E-state index contributed by atoms with van der Waals surface area (Å²) in [6.45, 7) is 4.70. The molecule has 2 aromatic carbocycles. The Hall–Kier alpha value is -1.80. The van der Waals surface area contributed by atoms with Gasteiger partial charge in [-0.15, -0.1) is 0 Å². The summed E-state index contributed by atoms with van der Waals surface area (Å²) in [5, 5.41) is 0. The molecule has 19 heavy (non-hydrogen) atoms. The Labute approximate surface area is 115 Å². The average molecular weight is 255 g/mol. The van der Waals surface area contributed by atoms with Crippen molar-refractivity contribution in [3.05, 3.63) is 65.2 Å². The van der Waals surface area contributed by atoms with Crippen LogP contribution in [0, 0.1) is 6.92 Å². The first-order chi connectivity index (χ1) is 9.24. The molecule has 2 N–H and O–H groups in total. The minimum absolute atomic E-state index is 0.0895. The summed E-state index contributed by atoms with van der Waals surface area (Å²) in [6.07, 6.45) is 0.919. The van der Waals surface area contributed by atoms with Gasteiger partial charge in [-0.1, -0.05) is 43.3 Å². The average Bonchev–Trinajstić information content (AvgIpc) is 2.46. The smallest absolute Gasteiger partial charge is 0.136 e. The number of rotatable bonds is 5. The molecular formula is C17H21NO. The van der Waals surface area contributed by atoms with E-state index in [0.29, 0.717) is 6.54 Å². The molecule has 1 unspecified atom stereocenters. The molecule has 1 atom stereocenters. The molecule has 0 aromatic heterocycles. The third-order valence-corrected chi connectivity index (χ3v) is 3.33. The van der Waals surface area contributed by atoms with Gasteiger partial charge in [0, 0.05) is 6.54 Å². The summed E-state index contributed by atoms with van der Waals surface area (Å²) in [4.78, 5) is 0. The quantitative estimate of drug-likeness (QED) is 0.885. The Morgan fingerprint density at radius 1 is 1.11 bits per heavy atom. The van der Waals surface area contributed by atoms with Crippen LogP contribution in [0.1, 0.15) is 29.7 Å². The highest BCUT2D eigenvalue weighted by Crippen LogP contribution is 2.24. The standard InChI is InChI=1S/C17H21NO/c1-3-14-8-6-9-15(11-14)19-17(12-18)16-10-5-4-7-13(16)2/h4-11,17H,3,12,18H2,1-2H3. The van der Waals surface area contributed by atoms with Crippen molar-refractivity contribution in [1.82, 2.24) is 0 Å². The molecule has 0 amide bonds. The second-order valence-electron chi connectivity index (χ2n) is 4.70. The van der Waals surface area contributed by atoms with Gasteiger partial charge in [-0.25, -0.2) is 0 Å². The summed E-state index contributed by atoms with van der Waals surface area (Å²) < 4.78 is 6.05. The Bertz CT molecular complexity index is 536. The van der Waals surface area contributed by atoms with Crippen molar-refractivity contribution in [2.24, 2.45) is 5.73 Å². The summed E-state index contributed by atoms with van der Waals surface area (Å²) >= 11 is 0. The maximum Gasteiger partial charge on any atom is 0.136 e. The highest BCUT2D eigenvalue weighted by atomic mass is 16.5. The first-order valence-corrected chi connectivity index (χ1v) is 6.75. The van der Waals surface area contributed by atoms with E-state index in [1.807, 2.05) is 24.3 Å². The van der Waals surface area contributed by atoms with Crippen molar-refractivity contribution in [2.45, 2.75) is 26.4 Å². The number of ether oxygens (including phenoxy) is 1. The lowest BCUT2D eigenvalue weighted by Gasteiger charge is -2.20. The number of benzene rings is 2. The second-order valence-corrected chi connectivity index (χ2v) is 4.70. The first kappa shape index (κ1) is 13.6. The molecule has 0 fully saturated rings. The highest BCUT2D eigenvalue weighted by Gasteiger charge is 2.13. The molecule has 0 aliphatic rings. The Morgan fingerprint density at radius 3 is 2.58 bits per heavy atom. The molecule has 0 aliphatic carbocycles. The maximum absolute atomic E-state index is 6.05. The molecule has 2 heteroatoms. The van der Waals surface area contributed by atoms with E-state index in [0.717, 1.165) is 17.7 Å². The van der Waals surface area contributed by atoms with Gasteiger partial charge in [0.2, 0.25) is 0 Å². The van der Waals surface area contributed by atoms with E-state index in [2.05, 4.69) is 38.1 Å². The largest absolute Gasteiger partial charge is 0.484 e. The van der Waals surface area contributed by atoms with E-state index in [1.54, 1.807) is 0 Å². The molecule has 0 heterocycles. The number of aryl methyl sites for hydroxylation is 2. The van der Waals surface area contributed by atoms with Gasteiger partial charge in [0.05, 0.1) is 0 Å². The van der Waals surface area contributed by atoms with E-state index < -0.39 is 0 Å². The fourth-order valence-corrected chi connectivity index (χ4v) is 2.19. The topological polar surface area (TPSA) is 35.2 Å². The number of hydrogen-bond acceptors (Lipinski definition) is 2. The minimum Gasteiger partial charge on any atom is -0.484 e. The third-order valence-electron chi connectivity index (χ3n) is 3.33. The van der Waals surface area contributed by atoms with Crippen molar-refractivity contribution in [3.63, 3.8) is 0 Å².